The maximum Gasteiger partial charge on any atom is 0.306 e. The first kappa shape index (κ1) is 33.0. The van der Waals surface area contributed by atoms with Crippen molar-refractivity contribution in [2.75, 3.05) is 33.8 Å². The molecule has 1 aliphatic heterocycles. The molecule has 234 valence electrons. The number of hydrogen-bond acceptors (Lipinski definition) is 7. The summed E-state index contributed by atoms with van der Waals surface area (Å²) in [7, 11) is 0.581. The van der Waals surface area contributed by atoms with Crippen LogP contribution < -0.4 is 4.74 Å². The Morgan fingerprint density at radius 3 is 2.53 bits per heavy atom. The molecule has 0 saturated carbocycles. The molecule has 0 spiro atoms. The van der Waals surface area contributed by atoms with E-state index in [0.717, 1.165) is 27.8 Å². The van der Waals surface area contributed by atoms with Crippen LogP contribution in [0.25, 0.3) is 0 Å². The fourth-order valence-electron chi connectivity index (χ4n) is 5.54. The second kappa shape index (κ2) is 14.2. The molecular formula is C34H45FN2O5S. The molecule has 0 saturated heterocycles. The summed E-state index contributed by atoms with van der Waals surface area (Å²) in [5.74, 6) is -0.445. The summed E-state index contributed by atoms with van der Waals surface area (Å²) < 4.78 is 51.3. The lowest BCUT2D eigenvalue weighted by atomic mass is 9.83. The summed E-state index contributed by atoms with van der Waals surface area (Å²) in [6.07, 6.45) is 1.15. The molecule has 2 unspecified atom stereocenters. The summed E-state index contributed by atoms with van der Waals surface area (Å²) in [6.45, 7) is 9.26. The highest BCUT2D eigenvalue weighted by atomic mass is 32.3. The Bertz CT molecular complexity index is 1430. The largest absolute Gasteiger partial charge is 0.487 e. The molecule has 2 N–H and O–H groups in total. The van der Waals surface area contributed by atoms with Crippen LogP contribution in [0, 0.1) is 19.7 Å². The molecule has 3 aromatic rings. The van der Waals surface area contributed by atoms with E-state index in [1.54, 1.807) is 35.5 Å². The fourth-order valence-corrected chi connectivity index (χ4v) is 7.16. The molecule has 3 aromatic carbocycles. The lowest BCUT2D eigenvalue weighted by molar-refractivity contribution is -0.143. The minimum Gasteiger partial charge on any atom is -0.487 e. The van der Waals surface area contributed by atoms with E-state index >= 15 is 4.39 Å². The molecule has 0 amide bonds. The van der Waals surface area contributed by atoms with Crippen molar-refractivity contribution in [3.8, 4) is 5.75 Å². The second-order valence-corrected chi connectivity index (χ2v) is 13.5. The molecule has 0 radical (unpaired) electrons. The van der Waals surface area contributed by atoms with Crippen molar-refractivity contribution >= 4 is 16.7 Å². The van der Waals surface area contributed by atoms with Crippen molar-refractivity contribution in [1.29, 1.82) is 0 Å². The van der Waals surface area contributed by atoms with E-state index in [4.69, 9.17) is 9.47 Å². The van der Waals surface area contributed by atoms with Gasteiger partial charge in [-0.1, -0.05) is 43.3 Å². The standard InChI is InChI=1S/C34H45FN2O5S/c1-7-28-22-37(43(39,40)33-12-10-9-11-32(33)42-28)21-27-18-25(14-13-23(27)3)30(20-34(38)41-8-2)29-19-26(15-16-36(5)6)31(35)17-24(29)4/h9-14,17-19,28,30,39-40H,7-8,15-16,20-22H2,1-6H3. The molecule has 0 aromatic heterocycles. The van der Waals surface area contributed by atoms with Gasteiger partial charge in [-0.15, -0.1) is 10.8 Å². The molecule has 0 fully saturated rings. The summed E-state index contributed by atoms with van der Waals surface area (Å²) in [5, 5.41) is 0. The highest BCUT2D eigenvalue weighted by Gasteiger charge is 2.35. The molecular weight excluding hydrogens is 567 g/mol. The van der Waals surface area contributed by atoms with Gasteiger partial charge in [0.1, 0.15) is 22.6 Å². The first-order valence-corrected chi connectivity index (χ1v) is 16.4. The maximum absolute atomic E-state index is 15.0. The molecule has 4 rings (SSSR count). The van der Waals surface area contributed by atoms with Crippen molar-refractivity contribution in [3.63, 3.8) is 0 Å². The second-order valence-electron chi connectivity index (χ2n) is 11.5. The van der Waals surface area contributed by atoms with Gasteiger partial charge in [-0.3, -0.25) is 13.9 Å². The average molecular weight is 613 g/mol. The van der Waals surface area contributed by atoms with E-state index in [1.165, 1.54) is 0 Å². The summed E-state index contributed by atoms with van der Waals surface area (Å²) in [4.78, 5) is 15.3. The van der Waals surface area contributed by atoms with Crippen LogP contribution in [0.5, 0.6) is 5.75 Å². The van der Waals surface area contributed by atoms with Crippen molar-refractivity contribution < 1.29 is 27.8 Å². The van der Waals surface area contributed by atoms with Gasteiger partial charge in [0.2, 0.25) is 0 Å². The van der Waals surface area contributed by atoms with Gasteiger partial charge in [-0.2, -0.15) is 4.31 Å². The SMILES string of the molecule is CCOC(=O)CC(c1ccc(C)c(CN2CC(CC)Oc3ccccc3S2(O)O)c1)c1cc(CCN(C)C)c(F)cc1C. The van der Waals surface area contributed by atoms with Gasteiger partial charge >= 0.3 is 5.97 Å². The highest BCUT2D eigenvalue weighted by Crippen LogP contribution is 2.57. The van der Waals surface area contributed by atoms with Gasteiger partial charge in [0, 0.05) is 19.0 Å². The summed E-state index contributed by atoms with van der Waals surface area (Å²) in [6, 6.07) is 16.6. The van der Waals surface area contributed by atoms with Crippen LogP contribution in [0.2, 0.25) is 0 Å². The van der Waals surface area contributed by atoms with Crippen LogP contribution in [0.3, 0.4) is 0 Å². The quantitative estimate of drug-likeness (QED) is 0.220. The van der Waals surface area contributed by atoms with Gasteiger partial charge in [0.15, 0.2) is 0 Å². The molecule has 7 nitrogen and oxygen atoms in total. The predicted octanol–water partition coefficient (Wildman–Crippen LogP) is 7.33. The Morgan fingerprint density at radius 1 is 1.09 bits per heavy atom. The molecule has 1 heterocycles. The van der Waals surface area contributed by atoms with Gasteiger partial charge in [-0.05, 0) is 99.3 Å². The minimum absolute atomic E-state index is 0.105. The highest BCUT2D eigenvalue weighted by molar-refractivity contribution is 8.22. The average Bonchev–Trinajstić information content (AvgIpc) is 3.06. The maximum atomic E-state index is 15.0. The van der Waals surface area contributed by atoms with Crippen LogP contribution in [0.15, 0.2) is 59.5 Å². The summed E-state index contributed by atoms with van der Waals surface area (Å²) >= 11 is 0. The third-order valence-corrected chi connectivity index (χ3v) is 10.0. The van der Waals surface area contributed by atoms with Gasteiger partial charge in [-0.25, -0.2) is 4.39 Å². The lowest BCUT2D eigenvalue weighted by Gasteiger charge is -2.42. The van der Waals surface area contributed by atoms with E-state index in [1.807, 2.05) is 70.1 Å². The zero-order valence-corrected chi connectivity index (χ0v) is 26.9. The van der Waals surface area contributed by atoms with Gasteiger partial charge in [0.25, 0.3) is 0 Å². The van der Waals surface area contributed by atoms with Crippen LogP contribution in [-0.4, -0.2) is 64.2 Å². The number of aryl methyl sites for hydroxylation is 2. The van der Waals surface area contributed by atoms with Crippen molar-refractivity contribution in [1.82, 2.24) is 9.21 Å². The topological polar surface area (TPSA) is 82.5 Å². The number of hydrogen-bond donors (Lipinski definition) is 2. The van der Waals surface area contributed by atoms with Crippen molar-refractivity contribution in [3.05, 3.63) is 93.8 Å². The minimum atomic E-state index is -3.33. The number of esters is 1. The Hall–Kier alpha value is -2.95. The number of carbonyl (C=O) groups excluding carboxylic acids is 1. The molecule has 1 aliphatic rings. The number of halogens is 1. The van der Waals surface area contributed by atoms with E-state index in [0.29, 0.717) is 42.1 Å². The number of rotatable bonds is 11. The number of ether oxygens (including phenoxy) is 2. The fraction of sp³-hybridized carbons (Fsp3) is 0.441. The Kier molecular flexibility index (Phi) is 10.9. The Morgan fingerprint density at radius 2 is 1.84 bits per heavy atom. The number of benzene rings is 3. The number of carbonyl (C=O) groups is 1. The number of nitrogens with zero attached hydrogens (tertiary/aromatic N) is 2. The summed E-state index contributed by atoms with van der Waals surface area (Å²) in [5.41, 5.74) is 5.04. The number of para-hydroxylation sites is 1. The molecule has 9 heteroatoms. The van der Waals surface area contributed by atoms with Crippen LogP contribution in [0.4, 0.5) is 4.39 Å². The molecule has 43 heavy (non-hydrogen) atoms. The normalized spacial score (nSPS) is 18.0. The third kappa shape index (κ3) is 7.77. The van der Waals surface area contributed by atoms with E-state index < -0.39 is 10.8 Å². The van der Waals surface area contributed by atoms with E-state index in [2.05, 4.69) is 0 Å². The van der Waals surface area contributed by atoms with Crippen LogP contribution >= 0.6 is 10.8 Å². The first-order chi connectivity index (χ1) is 20.4. The Labute approximate surface area is 257 Å². The van der Waals surface area contributed by atoms with Crippen LogP contribution in [0.1, 0.15) is 66.0 Å². The van der Waals surface area contributed by atoms with E-state index in [-0.39, 0.29) is 43.4 Å². The molecule has 2 atom stereocenters. The van der Waals surface area contributed by atoms with Crippen molar-refractivity contribution in [2.24, 2.45) is 0 Å². The van der Waals surface area contributed by atoms with Gasteiger partial charge in [0.05, 0.1) is 19.6 Å². The van der Waals surface area contributed by atoms with Crippen molar-refractivity contribution in [2.45, 2.75) is 70.4 Å². The van der Waals surface area contributed by atoms with E-state index in [9.17, 15) is 13.9 Å². The monoisotopic (exact) mass is 612 g/mol. The molecule has 0 bridgehead atoms. The Balaban J connectivity index is 1.75. The lowest BCUT2D eigenvalue weighted by Crippen LogP contribution is -2.34. The molecule has 0 aliphatic carbocycles. The smallest absolute Gasteiger partial charge is 0.306 e. The first-order valence-electron chi connectivity index (χ1n) is 14.9. The van der Waals surface area contributed by atoms with Gasteiger partial charge < -0.3 is 14.4 Å². The predicted molar refractivity (Wildman–Crippen MR) is 170 cm³/mol. The number of fused-ring (bicyclic) bond motifs is 1. The zero-order chi connectivity index (χ0) is 31.3. The third-order valence-electron chi connectivity index (χ3n) is 8.10. The zero-order valence-electron chi connectivity index (χ0n) is 26.1. The number of likely N-dealkylation sites (N-methyl/N-ethyl adjacent to an activating group) is 1. The van der Waals surface area contributed by atoms with Crippen LogP contribution in [-0.2, 0) is 22.5 Å².